The van der Waals surface area contributed by atoms with Crippen LogP contribution in [0.5, 0.6) is 0 Å². The van der Waals surface area contributed by atoms with Gasteiger partial charge in [-0.25, -0.2) is 0 Å². The molecule has 1 heterocycles. The van der Waals surface area contributed by atoms with Gasteiger partial charge in [-0.2, -0.15) is 0 Å². The molecule has 5 heteroatoms. The van der Waals surface area contributed by atoms with Crippen LogP contribution in [0.2, 0.25) is 0 Å². The average molecular weight is 248 g/mol. The summed E-state index contributed by atoms with van der Waals surface area (Å²) < 4.78 is 0. The van der Waals surface area contributed by atoms with Crippen LogP contribution in [0, 0.1) is 5.92 Å². The Balaban J connectivity index is 2.46. The maximum atomic E-state index is 11.0. The van der Waals surface area contributed by atoms with E-state index in [-0.39, 0.29) is 36.4 Å². The first-order valence-corrected chi connectivity index (χ1v) is 5.14. The average Bonchev–Trinajstić information content (AvgIpc) is 2.02. The Bertz CT molecular complexity index is 236. The van der Waals surface area contributed by atoms with Crippen molar-refractivity contribution in [1.29, 1.82) is 0 Å². The molecular formula is C8H10BrNO3. The van der Waals surface area contributed by atoms with E-state index in [4.69, 9.17) is 0 Å². The second-order valence-electron chi connectivity index (χ2n) is 3.12. The Morgan fingerprint density at radius 1 is 1.38 bits per heavy atom. The molecule has 13 heavy (non-hydrogen) atoms. The van der Waals surface area contributed by atoms with Crippen LogP contribution >= 0.6 is 15.9 Å². The van der Waals surface area contributed by atoms with E-state index in [0.29, 0.717) is 11.8 Å². The number of ketones is 1. The van der Waals surface area contributed by atoms with E-state index in [9.17, 15) is 14.4 Å². The largest absolute Gasteiger partial charge is 0.299 e. The van der Waals surface area contributed by atoms with E-state index in [0.717, 1.165) is 0 Å². The molecule has 0 aromatic rings. The molecule has 72 valence electrons. The lowest BCUT2D eigenvalue weighted by Gasteiger charge is -2.19. The maximum absolute atomic E-state index is 11.0. The van der Waals surface area contributed by atoms with Crippen LogP contribution in [0.4, 0.5) is 0 Å². The number of hydrogen-bond donors (Lipinski definition) is 1. The number of Topliss-reactive ketones (excluding diaryl/α,β-unsaturated/α-hetero) is 1. The quantitative estimate of drug-likeness (QED) is 0.580. The number of piperidine rings is 1. The molecule has 1 rings (SSSR count). The number of carbonyl (C=O) groups is 3. The first-order valence-electron chi connectivity index (χ1n) is 4.02. The molecule has 0 aliphatic carbocycles. The normalized spacial score (nSPS) is 18.5. The highest BCUT2D eigenvalue weighted by Gasteiger charge is 2.26. The zero-order chi connectivity index (χ0) is 9.84. The Morgan fingerprint density at radius 2 is 1.92 bits per heavy atom. The first-order chi connectivity index (χ1) is 6.11. The van der Waals surface area contributed by atoms with E-state index < -0.39 is 0 Å². The zero-order valence-corrected chi connectivity index (χ0v) is 8.59. The molecule has 1 N–H and O–H groups in total. The molecule has 0 saturated carbocycles. The van der Waals surface area contributed by atoms with E-state index in [1.807, 2.05) is 0 Å². The van der Waals surface area contributed by atoms with Gasteiger partial charge in [-0.15, -0.1) is 0 Å². The van der Waals surface area contributed by atoms with E-state index >= 15 is 0 Å². The van der Waals surface area contributed by atoms with Gasteiger partial charge in [0.15, 0.2) is 0 Å². The van der Waals surface area contributed by atoms with Gasteiger partial charge in [0.2, 0.25) is 11.8 Å². The Kier molecular flexibility index (Phi) is 3.59. The summed E-state index contributed by atoms with van der Waals surface area (Å²) in [6.45, 7) is 0. The first kappa shape index (κ1) is 10.4. The third-order valence-electron chi connectivity index (χ3n) is 1.89. The van der Waals surface area contributed by atoms with Gasteiger partial charge in [-0.1, -0.05) is 15.9 Å². The maximum Gasteiger partial charge on any atom is 0.226 e. The summed E-state index contributed by atoms with van der Waals surface area (Å²) in [5.41, 5.74) is 0. The summed E-state index contributed by atoms with van der Waals surface area (Å²) in [5, 5.41) is 2.49. The molecule has 4 nitrogen and oxygen atoms in total. The van der Waals surface area contributed by atoms with Crippen molar-refractivity contribution in [1.82, 2.24) is 5.32 Å². The van der Waals surface area contributed by atoms with Crippen molar-refractivity contribution in [3.05, 3.63) is 0 Å². The molecule has 1 aliphatic rings. The third kappa shape index (κ3) is 3.26. The molecule has 0 unspecified atom stereocenters. The van der Waals surface area contributed by atoms with Crippen molar-refractivity contribution in [2.45, 2.75) is 19.3 Å². The summed E-state index contributed by atoms with van der Waals surface area (Å²) in [6, 6.07) is 0. The van der Waals surface area contributed by atoms with Gasteiger partial charge in [-0.3, -0.25) is 19.7 Å². The van der Waals surface area contributed by atoms with Gasteiger partial charge in [0.1, 0.15) is 5.78 Å². The number of halogens is 1. The zero-order valence-electron chi connectivity index (χ0n) is 7.01. The minimum absolute atomic E-state index is 0.0347. The fourth-order valence-corrected chi connectivity index (χ4v) is 1.60. The fraction of sp³-hybridized carbons (Fsp3) is 0.625. The molecule has 0 radical (unpaired) electrons. The lowest BCUT2D eigenvalue weighted by Crippen LogP contribution is -2.39. The number of nitrogens with one attached hydrogen (secondary N) is 1. The summed E-state index contributed by atoms with van der Waals surface area (Å²) in [7, 11) is 0. The monoisotopic (exact) mass is 247 g/mol. The van der Waals surface area contributed by atoms with Crippen molar-refractivity contribution in [2.75, 3.05) is 5.33 Å². The lowest BCUT2D eigenvalue weighted by atomic mass is 9.92. The van der Waals surface area contributed by atoms with Crippen LogP contribution in [0.25, 0.3) is 0 Å². The van der Waals surface area contributed by atoms with Gasteiger partial charge in [0.05, 0.1) is 5.33 Å². The Hall–Kier alpha value is -0.710. The molecule has 2 amide bonds. The van der Waals surface area contributed by atoms with Crippen LogP contribution < -0.4 is 5.32 Å². The van der Waals surface area contributed by atoms with Crippen molar-refractivity contribution in [3.63, 3.8) is 0 Å². The number of carbonyl (C=O) groups excluding carboxylic acids is 3. The molecule has 1 aliphatic heterocycles. The van der Waals surface area contributed by atoms with E-state index in [1.165, 1.54) is 0 Å². The highest BCUT2D eigenvalue weighted by atomic mass is 79.9. The second-order valence-corrected chi connectivity index (χ2v) is 3.68. The van der Waals surface area contributed by atoms with Crippen LogP contribution in [0.3, 0.4) is 0 Å². The lowest BCUT2D eigenvalue weighted by molar-refractivity contribution is -0.135. The SMILES string of the molecule is O=C(CBr)CC1CC(=O)NC(=O)C1. The smallest absolute Gasteiger partial charge is 0.226 e. The number of imide groups is 1. The molecule has 0 aromatic carbocycles. The van der Waals surface area contributed by atoms with Gasteiger partial charge >= 0.3 is 0 Å². The summed E-state index contributed by atoms with van der Waals surface area (Å²) in [6.07, 6.45) is 0.874. The van der Waals surface area contributed by atoms with Gasteiger partial charge in [0.25, 0.3) is 0 Å². The third-order valence-corrected chi connectivity index (χ3v) is 2.52. The molecule has 0 atom stereocenters. The van der Waals surface area contributed by atoms with Crippen molar-refractivity contribution >= 4 is 33.5 Å². The van der Waals surface area contributed by atoms with Crippen molar-refractivity contribution in [2.24, 2.45) is 5.92 Å². The predicted octanol–water partition coefficient (Wildman–Crippen LogP) is 0.393. The van der Waals surface area contributed by atoms with Crippen LogP contribution in [0.15, 0.2) is 0 Å². The second kappa shape index (κ2) is 4.50. The van der Waals surface area contributed by atoms with Crippen LogP contribution in [0.1, 0.15) is 19.3 Å². The molecular weight excluding hydrogens is 238 g/mol. The van der Waals surface area contributed by atoms with E-state index in [1.54, 1.807) is 0 Å². The van der Waals surface area contributed by atoms with Crippen LogP contribution in [-0.2, 0) is 14.4 Å². The minimum atomic E-state index is -0.274. The summed E-state index contributed by atoms with van der Waals surface area (Å²) in [4.78, 5) is 32.8. The highest BCUT2D eigenvalue weighted by Crippen LogP contribution is 2.17. The van der Waals surface area contributed by atoms with Crippen LogP contribution in [-0.4, -0.2) is 22.9 Å². The highest BCUT2D eigenvalue weighted by molar-refractivity contribution is 9.09. The Morgan fingerprint density at radius 3 is 2.38 bits per heavy atom. The fourth-order valence-electron chi connectivity index (χ4n) is 1.37. The molecule has 0 spiro atoms. The van der Waals surface area contributed by atoms with Gasteiger partial charge in [0, 0.05) is 19.3 Å². The van der Waals surface area contributed by atoms with Crippen molar-refractivity contribution in [3.8, 4) is 0 Å². The standard InChI is InChI=1S/C8H10BrNO3/c9-4-6(11)1-5-2-7(12)10-8(13)3-5/h5H,1-4H2,(H,10,12,13). The minimum Gasteiger partial charge on any atom is -0.299 e. The number of rotatable bonds is 3. The predicted molar refractivity (Wildman–Crippen MR) is 49.3 cm³/mol. The molecule has 0 aromatic heterocycles. The number of amides is 2. The Labute approximate surface area is 84.2 Å². The number of hydrogen-bond acceptors (Lipinski definition) is 3. The van der Waals surface area contributed by atoms with Gasteiger partial charge in [-0.05, 0) is 5.92 Å². The number of alkyl halides is 1. The summed E-state index contributed by atoms with van der Waals surface area (Å²) >= 11 is 3.04. The van der Waals surface area contributed by atoms with E-state index in [2.05, 4.69) is 21.2 Å². The molecule has 1 saturated heterocycles. The van der Waals surface area contributed by atoms with Gasteiger partial charge < -0.3 is 0 Å². The molecule has 1 fully saturated rings. The summed E-state index contributed by atoms with van der Waals surface area (Å²) in [5.74, 6) is -0.619. The topological polar surface area (TPSA) is 63.2 Å². The molecule has 0 bridgehead atoms. The van der Waals surface area contributed by atoms with Crippen molar-refractivity contribution < 1.29 is 14.4 Å².